The van der Waals surface area contributed by atoms with Crippen LogP contribution in [0.15, 0.2) is 54.6 Å². The van der Waals surface area contributed by atoms with Crippen molar-refractivity contribution in [2.45, 2.75) is 0 Å². The maximum atomic E-state index is 13.6. The number of hydrogen-bond donors (Lipinski definition) is 0. The molecule has 18 heavy (non-hydrogen) atoms. The summed E-state index contributed by atoms with van der Waals surface area (Å²) >= 11 is 3.30. The highest BCUT2D eigenvalue weighted by molar-refractivity contribution is 9.09. The Hall–Kier alpha value is -1.61. The summed E-state index contributed by atoms with van der Waals surface area (Å²) in [6.07, 6.45) is 3.85. The van der Waals surface area contributed by atoms with Gasteiger partial charge in [0.2, 0.25) is 0 Å². The zero-order valence-corrected chi connectivity index (χ0v) is 11.2. The number of benzene rings is 2. The lowest BCUT2D eigenvalue weighted by molar-refractivity contribution is 0.442. The first-order chi connectivity index (χ1) is 8.79. The van der Waals surface area contributed by atoms with E-state index in [0.717, 1.165) is 10.9 Å². The number of ether oxygens (including phenoxy) is 1. The fraction of sp³-hybridized carbons (Fsp3) is 0.0667. The van der Waals surface area contributed by atoms with Crippen LogP contribution >= 0.6 is 15.9 Å². The van der Waals surface area contributed by atoms with E-state index >= 15 is 0 Å². The highest BCUT2D eigenvalue weighted by Crippen LogP contribution is 2.25. The van der Waals surface area contributed by atoms with Crippen LogP contribution < -0.4 is 4.74 Å². The standard InChI is InChI=1S/C15H12BrFO/c16-10-4-5-12-8-9-14(17)15(11-12)18-13-6-2-1-3-7-13/h1-9,11H,10H2/b5-4+. The molecule has 0 heterocycles. The van der Waals surface area contributed by atoms with Gasteiger partial charge in [-0.2, -0.15) is 0 Å². The molecule has 92 valence electrons. The molecule has 0 atom stereocenters. The third kappa shape index (κ3) is 3.44. The highest BCUT2D eigenvalue weighted by atomic mass is 79.9. The molecule has 0 bridgehead atoms. The molecule has 0 saturated heterocycles. The molecule has 0 N–H and O–H groups in total. The van der Waals surface area contributed by atoms with Crippen molar-refractivity contribution in [1.82, 2.24) is 0 Å². The zero-order valence-electron chi connectivity index (χ0n) is 9.64. The minimum Gasteiger partial charge on any atom is -0.454 e. The maximum absolute atomic E-state index is 13.6. The summed E-state index contributed by atoms with van der Waals surface area (Å²) in [5.41, 5.74) is 0.904. The van der Waals surface area contributed by atoms with Crippen molar-refractivity contribution in [2.24, 2.45) is 0 Å². The van der Waals surface area contributed by atoms with Gasteiger partial charge in [-0.05, 0) is 29.8 Å². The molecule has 0 aliphatic heterocycles. The summed E-state index contributed by atoms with van der Waals surface area (Å²) in [7, 11) is 0. The van der Waals surface area contributed by atoms with Gasteiger partial charge in [0, 0.05) is 5.33 Å². The van der Waals surface area contributed by atoms with Crippen molar-refractivity contribution in [3.8, 4) is 11.5 Å². The van der Waals surface area contributed by atoms with E-state index in [2.05, 4.69) is 15.9 Å². The Morgan fingerprint density at radius 2 is 1.89 bits per heavy atom. The van der Waals surface area contributed by atoms with Crippen LogP contribution in [0.3, 0.4) is 0 Å². The predicted octanol–water partition coefficient (Wildman–Crippen LogP) is 5.03. The van der Waals surface area contributed by atoms with Crippen LogP contribution in [0.5, 0.6) is 11.5 Å². The Morgan fingerprint density at radius 1 is 1.11 bits per heavy atom. The van der Waals surface area contributed by atoms with E-state index in [4.69, 9.17) is 4.74 Å². The van der Waals surface area contributed by atoms with Crippen molar-refractivity contribution in [3.05, 3.63) is 66.0 Å². The normalized spacial score (nSPS) is 10.8. The lowest BCUT2D eigenvalue weighted by Crippen LogP contribution is -1.88. The molecular formula is C15H12BrFO. The van der Waals surface area contributed by atoms with Crippen molar-refractivity contribution in [2.75, 3.05) is 5.33 Å². The molecule has 2 aromatic carbocycles. The first kappa shape index (κ1) is 12.8. The molecule has 0 aromatic heterocycles. The number of para-hydroxylation sites is 1. The fourth-order valence-corrected chi connectivity index (χ4v) is 1.68. The quantitative estimate of drug-likeness (QED) is 0.720. The molecule has 0 aliphatic rings. The van der Waals surface area contributed by atoms with Crippen LogP contribution in [0.4, 0.5) is 4.39 Å². The van der Waals surface area contributed by atoms with Crippen molar-refractivity contribution >= 4 is 22.0 Å². The van der Waals surface area contributed by atoms with Gasteiger partial charge in [0.15, 0.2) is 11.6 Å². The van der Waals surface area contributed by atoms with E-state index in [1.165, 1.54) is 6.07 Å². The molecule has 0 aliphatic carbocycles. The average molecular weight is 307 g/mol. The number of hydrogen-bond acceptors (Lipinski definition) is 1. The first-order valence-corrected chi connectivity index (χ1v) is 6.66. The van der Waals surface area contributed by atoms with Crippen LogP contribution in [0.25, 0.3) is 6.08 Å². The highest BCUT2D eigenvalue weighted by Gasteiger charge is 2.04. The van der Waals surface area contributed by atoms with Gasteiger partial charge >= 0.3 is 0 Å². The van der Waals surface area contributed by atoms with Crippen LogP contribution in [0, 0.1) is 5.82 Å². The van der Waals surface area contributed by atoms with E-state index < -0.39 is 0 Å². The smallest absolute Gasteiger partial charge is 0.165 e. The van der Waals surface area contributed by atoms with Gasteiger partial charge in [0.1, 0.15) is 5.75 Å². The molecule has 0 radical (unpaired) electrons. The summed E-state index contributed by atoms with van der Waals surface area (Å²) in [6, 6.07) is 14.0. The Balaban J connectivity index is 2.24. The fourth-order valence-electron chi connectivity index (χ4n) is 1.50. The SMILES string of the molecule is Fc1ccc(/C=C/CBr)cc1Oc1ccccc1. The van der Waals surface area contributed by atoms with E-state index in [1.807, 2.05) is 30.4 Å². The predicted molar refractivity (Wildman–Crippen MR) is 75.7 cm³/mol. The zero-order chi connectivity index (χ0) is 12.8. The first-order valence-electron chi connectivity index (χ1n) is 5.54. The van der Waals surface area contributed by atoms with E-state index in [9.17, 15) is 4.39 Å². The molecule has 1 nitrogen and oxygen atoms in total. The van der Waals surface area contributed by atoms with Crippen LogP contribution in [-0.4, -0.2) is 5.33 Å². The van der Waals surface area contributed by atoms with Gasteiger partial charge in [0.05, 0.1) is 0 Å². The van der Waals surface area contributed by atoms with Gasteiger partial charge in [-0.15, -0.1) is 0 Å². The van der Waals surface area contributed by atoms with Gasteiger partial charge in [-0.3, -0.25) is 0 Å². The molecule has 0 fully saturated rings. The molecule has 0 unspecified atom stereocenters. The molecule has 0 spiro atoms. The summed E-state index contributed by atoms with van der Waals surface area (Å²) in [4.78, 5) is 0. The molecular weight excluding hydrogens is 295 g/mol. The molecule has 0 saturated carbocycles. The second-order valence-electron chi connectivity index (χ2n) is 3.66. The number of halogens is 2. The topological polar surface area (TPSA) is 9.23 Å². The number of allylic oxidation sites excluding steroid dienone is 1. The minimum atomic E-state index is -0.366. The van der Waals surface area contributed by atoms with E-state index in [0.29, 0.717) is 5.75 Å². The Labute approximate surface area is 114 Å². The second kappa shape index (κ2) is 6.36. The Morgan fingerprint density at radius 3 is 2.61 bits per heavy atom. The number of rotatable bonds is 4. The minimum absolute atomic E-state index is 0.234. The van der Waals surface area contributed by atoms with Crippen molar-refractivity contribution in [1.29, 1.82) is 0 Å². The largest absolute Gasteiger partial charge is 0.454 e. The monoisotopic (exact) mass is 306 g/mol. The lowest BCUT2D eigenvalue weighted by atomic mass is 10.2. The third-order valence-corrected chi connectivity index (χ3v) is 2.70. The summed E-state index contributed by atoms with van der Waals surface area (Å²) in [6.45, 7) is 0. The molecule has 2 aromatic rings. The average Bonchev–Trinajstić information content (AvgIpc) is 2.41. The maximum Gasteiger partial charge on any atom is 0.165 e. The summed E-state index contributed by atoms with van der Waals surface area (Å²) in [5, 5.41) is 0.763. The number of alkyl halides is 1. The molecule has 3 heteroatoms. The van der Waals surface area contributed by atoms with Gasteiger partial charge < -0.3 is 4.74 Å². The molecule has 2 rings (SSSR count). The Bertz CT molecular complexity index is 537. The third-order valence-electron chi connectivity index (χ3n) is 2.33. The van der Waals surface area contributed by atoms with Gasteiger partial charge in [-0.25, -0.2) is 4.39 Å². The molecule has 0 amide bonds. The summed E-state index contributed by atoms with van der Waals surface area (Å²) in [5.74, 6) is 0.491. The summed E-state index contributed by atoms with van der Waals surface area (Å²) < 4.78 is 19.1. The van der Waals surface area contributed by atoms with Gasteiger partial charge in [-0.1, -0.05) is 52.3 Å². The van der Waals surface area contributed by atoms with Crippen molar-refractivity contribution in [3.63, 3.8) is 0 Å². The van der Waals surface area contributed by atoms with Crippen LogP contribution in [-0.2, 0) is 0 Å². The van der Waals surface area contributed by atoms with Crippen LogP contribution in [0.1, 0.15) is 5.56 Å². The van der Waals surface area contributed by atoms with Crippen molar-refractivity contribution < 1.29 is 9.13 Å². The van der Waals surface area contributed by atoms with Gasteiger partial charge in [0.25, 0.3) is 0 Å². The van der Waals surface area contributed by atoms with E-state index in [1.54, 1.807) is 24.3 Å². The van der Waals surface area contributed by atoms with Crippen LogP contribution in [0.2, 0.25) is 0 Å². The van der Waals surface area contributed by atoms with E-state index in [-0.39, 0.29) is 11.6 Å². The Kier molecular flexibility index (Phi) is 4.53. The second-order valence-corrected chi connectivity index (χ2v) is 4.31. The lowest BCUT2D eigenvalue weighted by Gasteiger charge is -2.07.